The molecule has 3 rings (SSSR count). The van der Waals surface area contributed by atoms with Gasteiger partial charge in [-0.05, 0) is 87.6 Å². The maximum atomic E-state index is 13.0. The molecule has 1 amide bonds. The second-order valence-electron chi connectivity index (χ2n) is 7.99. The zero-order chi connectivity index (χ0) is 18.2. The number of likely N-dealkylation sites (tertiary alicyclic amines) is 1. The Balaban J connectivity index is 1.57. The van der Waals surface area contributed by atoms with Crippen molar-refractivity contribution in [2.45, 2.75) is 44.9 Å². The summed E-state index contributed by atoms with van der Waals surface area (Å²) in [6.07, 6.45) is 8.20. The lowest BCUT2D eigenvalue weighted by Gasteiger charge is -2.33. The molecule has 0 unspecified atom stereocenters. The lowest BCUT2D eigenvalue weighted by Crippen LogP contribution is -2.40. The number of nitrogens with one attached hydrogen (secondary N) is 1. The van der Waals surface area contributed by atoms with Crippen molar-refractivity contribution >= 4 is 5.91 Å². The van der Waals surface area contributed by atoms with E-state index in [4.69, 9.17) is 4.74 Å². The Hall–Kier alpha value is -1.39. The third-order valence-corrected chi connectivity index (χ3v) is 5.92. The van der Waals surface area contributed by atoms with Crippen molar-refractivity contribution in [2.75, 3.05) is 39.9 Å². The molecule has 2 aliphatic rings. The first kappa shape index (κ1) is 19.4. The van der Waals surface area contributed by atoms with E-state index in [0.717, 1.165) is 70.0 Å². The summed E-state index contributed by atoms with van der Waals surface area (Å²) in [5.41, 5.74) is 2.19. The summed E-state index contributed by atoms with van der Waals surface area (Å²) >= 11 is 0. The van der Waals surface area contributed by atoms with Gasteiger partial charge in [0.2, 0.25) is 0 Å². The molecule has 0 spiro atoms. The van der Waals surface area contributed by atoms with Crippen LogP contribution in [0.1, 0.15) is 54.4 Å². The fourth-order valence-electron chi connectivity index (χ4n) is 4.43. The maximum absolute atomic E-state index is 13.0. The van der Waals surface area contributed by atoms with Gasteiger partial charge in [0.1, 0.15) is 0 Å². The lowest BCUT2D eigenvalue weighted by atomic mass is 9.90. The van der Waals surface area contributed by atoms with Crippen LogP contribution in [0.25, 0.3) is 0 Å². The van der Waals surface area contributed by atoms with E-state index in [1.54, 1.807) is 7.11 Å². The third kappa shape index (κ3) is 5.55. The van der Waals surface area contributed by atoms with Gasteiger partial charge in [-0.25, -0.2) is 0 Å². The summed E-state index contributed by atoms with van der Waals surface area (Å²) in [6.45, 7) is 4.88. The molecule has 144 valence electrons. The fourth-order valence-corrected chi connectivity index (χ4v) is 4.43. The molecule has 2 saturated heterocycles. The van der Waals surface area contributed by atoms with Gasteiger partial charge < -0.3 is 15.0 Å². The molecule has 1 N–H and O–H groups in total. The van der Waals surface area contributed by atoms with Gasteiger partial charge >= 0.3 is 0 Å². The number of carbonyl (C=O) groups excluding carboxylic acids is 1. The Labute approximate surface area is 158 Å². The van der Waals surface area contributed by atoms with Crippen LogP contribution >= 0.6 is 0 Å². The largest absolute Gasteiger partial charge is 0.385 e. The number of rotatable bonds is 7. The Morgan fingerprint density at radius 3 is 2.88 bits per heavy atom. The first-order chi connectivity index (χ1) is 12.8. The minimum absolute atomic E-state index is 0.216. The molecule has 1 aromatic rings. The molecule has 0 bridgehead atoms. The smallest absolute Gasteiger partial charge is 0.253 e. The van der Waals surface area contributed by atoms with Gasteiger partial charge in [-0.2, -0.15) is 0 Å². The number of benzene rings is 1. The van der Waals surface area contributed by atoms with Crippen LogP contribution < -0.4 is 5.32 Å². The standard InChI is InChI=1S/C22H34N2O2/c1-26-14-4-7-19-6-3-13-24(17-19)22(25)21-8-2-5-20(16-21)15-18-9-11-23-12-10-18/h2,5,8,16,18-19,23H,3-4,6-7,9-15,17H2,1H3/t19-/m1/s1. The molecule has 1 aromatic carbocycles. The highest BCUT2D eigenvalue weighted by Crippen LogP contribution is 2.24. The first-order valence-corrected chi connectivity index (χ1v) is 10.3. The molecule has 1 atom stereocenters. The summed E-state index contributed by atoms with van der Waals surface area (Å²) in [6, 6.07) is 8.37. The Morgan fingerprint density at radius 2 is 2.08 bits per heavy atom. The van der Waals surface area contributed by atoms with E-state index < -0.39 is 0 Å². The lowest BCUT2D eigenvalue weighted by molar-refractivity contribution is 0.0660. The molecule has 26 heavy (non-hydrogen) atoms. The van der Waals surface area contributed by atoms with Crippen LogP contribution in [0.3, 0.4) is 0 Å². The van der Waals surface area contributed by atoms with E-state index in [1.165, 1.54) is 24.8 Å². The number of piperidine rings is 2. The molecule has 4 heteroatoms. The number of hydrogen-bond acceptors (Lipinski definition) is 3. The van der Waals surface area contributed by atoms with E-state index in [9.17, 15) is 4.79 Å². The number of ether oxygens (including phenoxy) is 1. The van der Waals surface area contributed by atoms with Gasteiger partial charge in [0.15, 0.2) is 0 Å². The number of nitrogens with zero attached hydrogens (tertiary/aromatic N) is 1. The predicted octanol–water partition coefficient (Wildman–Crippen LogP) is 3.51. The zero-order valence-electron chi connectivity index (χ0n) is 16.2. The second-order valence-corrected chi connectivity index (χ2v) is 7.99. The third-order valence-electron chi connectivity index (χ3n) is 5.92. The summed E-state index contributed by atoms with van der Waals surface area (Å²) in [4.78, 5) is 15.1. The highest BCUT2D eigenvalue weighted by atomic mass is 16.5. The normalized spacial score (nSPS) is 21.7. The van der Waals surface area contributed by atoms with E-state index in [-0.39, 0.29) is 5.91 Å². The molecule has 2 heterocycles. The average Bonchev–Trinajstić information content (AvgIpc) is 2.69. The number of carbonyl (C=O) groups is 1. The van der Waals surface area contributed by atoms with Crippen LogP contribution in [0, 0.1) is 11.8 Å². The van der Waals surface area contributed by atoms with E-state index in [2.05, 4.69) is 28.4 Å². The summed E-state index contributed by atoms with van der Waals surface area (Å²) in [7, 11) is 1.76. The Kier molecular flexibility index (Phi) is 7.51. The van der Waals surface area contributed by atoms with Crippen molar-refractivity contribution in [3.05, 3.63) is 35.4 Å². The van der Waals surface area contributed by atoms with Crippen LogP contribution in [-0.2, 0) is 11.2 Å². The zero-order valence-corrected chi connectivity index (χ0v) is 16.2. The predicted molar refractivity (Wildman–Crippen MR) is 105 cm³/mol. The van der Waals surface area contributed by atoms with E-state index in [1.807, 2.05) is 6.07 Å². The highest BCUT2D eigenvalue weighted by Gasteiger charge is 2.24. The van der Waals surface area contributed by atoms with Crippen molar-refractivity contribution in [3.63, 3.8) is 0 Å². The van der Waals surface area contributed by atoms with Crippen molar-refractivity contribution < 1.29 is 9.53 Å². The topological polar surface area (TPSA) is 41.6 Å². The van der Waals surface area contributed by atoms with Crippen LogP contribution in [0.2, 0.25) is 0 Å². The minimum atomic E-state index is 0.216. The Morgan fingerprint density at radius 1 is 1.23 bits per heavy atom. The molecule has 0 radical (unpaired) electrons. The van der Waals surface area contributed by atoms with Gasteiger partial charge in [-0.3, -0.25) is 4.79 Å². The molecule has 0 saturated carbocycles. The van der Waals surface area contributed by atoms with Gasteiger partial charge in [0, 0.05) is 32.4 Å². The number of hydrogen-bond donors (Lipinski definition) is 1. The van der Waals surface area contributed by atoms with E-state index >= 15 is 0 Å². The van der Waals surface area contributed by atoms with Gasteiger partial charge in [-0.15, -0.1) is 0 Å². The summed E-state index contributed by atoms with van der Waals surface area (Å²) in [5, 5.41) is 3.43. The van der Waals surface area contributed by atoms with Crippen molar-refractivity contribution in [3.8, 4) is 0 Å². The molecule has 2 fully saturated rings. The van der Waals surface area contributed by atoms with Crippen LogP contribution in [-0.4, -0.2) is 50.7 Å². The van der Waals surface area contributed by atoms with Crippen molar-refractivity contribution in [1.82, 2.24) is 10.2 Å². The second kappa shape index (κ2) is 10.1. The van der Waals surface area contributed by atoms with E-state index in [0.29, 0.717) is 5.92 Å². The summed E-state index contributed by atoms with van der Waals surface area (Å²) < 4.78 is 5.17. The molecular weight excluding hydrogens is 324 g/mol. The molecule has 0 aromatic heterocycles. The number of methoxy groups -OCH3 is 1. The van der Waals surface area contributed by atoms with Gasteiger partial charge in [0.05, 0.1) is 0 Å². The van der Waals surface area contributed by atoms with Gasteiger partial charge in [-0.1, -0.05) is 12.1 Å². The maximum Gasteiger partial charge on any atom is 0.253 e. The number of amides is 1. The van der Waals surface area contributed by atoms with Crippen LogP contribution in [0.5, 0.6) is 0 Å². The van der Waals surface area contributed by atoms with Crippen molar-refractivity contribution in [2.24, 2.45) is 11.8 Å². The van der Waals surface area contributed by atoms with Crippen molar-refractivity contribution in [1.29, 1.82) is 0 Å². The van der Waals surface area contributed by atoms with Gasteiger partial charge in [0.25, 0.3) is 5.91 Å². The SMILES string of the molecule is COCCC[C@H]1CCCN(C(=O)c2cccc(CC3CCNCC3)c2)C1. The monoisotopic (exact) mass is 358 g/mol. The quantitative estimate of drug-likeness (QED) is 0.759. The molecule has 2 aliphatic heterocycles. The Bertz CT molecular complexity index is 569. The summed E-state index contributed by atoms with van der Waals surface area (Å²) in [5.74, 6) is 1.59. The molecular formula is C22H34N2O2. The van der Waals surface area contributed by atoms with Crippen LogP contribution in [0.15, 0.2) is 24.3 Å². The molecule has 0 aliphatic carbocycles. The molecule has 4 nitrogen and oxygen atoms in total. The first-order valence-electron chi connectivity index (χ1n) is 10.3. The minimum Gasteiger partial charge on any atom is -0.385 e. The highest BCUT2D eigenvalue weighted by molar-refractivity contribution is 5.94. The van der Waals surface area contributed by atoms with Crippen LogP contribution in [0.4, 0.5) is 0 Å². The average molecular weight is 359 g/mol. The fraction of sp³-hybridized carbons (Fsp3) is 0.682.